The second kappa shape index (κ2) is 10.9. The molecule has 0 saturated carbocycles. The molecule has 0 radical (unpaired) electrons. The van der Waals surface area contributed by atoms with E-state index < -0.39 is 23.9 Å². The van der Waals surface area contributed by atoms with Crippen LogP contribution in [0.3, 0.4) is 0 Å². The van der Waals surface area contributed by atoms with Crippen molar-refractivity contribution in [3.8, 4) is 16.3 Å². The molecule has 0 aliphatic carbocycles. The summed E-state index contributed by atoms with van der Waals surface area (Å²) in [5.41, 5.74) is 6.70. The van der Waals surface area contributed by atoms with E-state index in [2.05, 4.69) is 25.6 Å². The zero-order valence-corrected chi connectivity index (χ0v) is 19.5. The van der Waals surface area contributed by atoms with Gasteiger partial charge in [0.05, 0.1) is 25.4 Å². The van der Waals surface area contributed by atoms with Crippen molar-refractivity contribution >= 4 is 39.7 Å². The number of aromatic nitrogens is 2. The third-order valence-corrected chi connectivity index (χ3v) is 5.90. The maximum atomic E-state index is 12.9. The van der Waals surface area contributed by atoms with Gasteiger partial charge >= 0.3 is 6.36 Å². The lowest BCUT2D eigenvalue weighted by atomic mass is 10.1. The lowest BCUT2D eigenvalue weighted by Gasteiger charge is -2.26. The lowest BCUT2D eigenvalue weighted by Crippen LogP contribution is -2.41. The minimum atomic E-state index is -4.99. The third-order valence-electron chi connectivity index (χ3n) is 5.02. The van der Waals surface area contributed by atoms with Crippen molar-refractivity contribution < 1.29 is 32.2 Å². The van der Waals surface area contributed by atoms with Crippen LogP contribution in [-0.2, 0) is 9.53 Å². The number of halogens is 3. The summed E-state index contributed by atoms with van der Waals surface area (Å²) >= 11 is 1.11. The largest absolute Gasteiger partial charge is 0.573 e. The van der Waals surface area contributed by atoms with Crippen LogP contribution in [0.4, 0.5) is 29.7 Å². The standard InChI is InChI=1S/C22H21F3N6O4S/c23-22(24,25)35-17-6-3-14(11-16(17)27-18(32)12-31-7-9-34-10-8-31)19(33)28-21-30-29-20(36-21)13-1-4-15(26)5-2-13/h1-6,11H,7-10,12,26H2,(H,27,32)(H,28,30,33). The molecular formula is C22H21F3N6O4S. The topological polar surface area (TPSA) is 132 Å². The summed E-state index contributed by atoms with van der Waals surface area (Å²) in [6.07, 6.45) is -4.99. The van der Waals surface area contributed by atoms with Gasteiger partial charge in [-0.2, -0.15) is 0 Å². The molecule has 0 bridgehead atoms. The van der Waals surface area contributed by atoms with Gasteiger partial charge in [0.1, 0.15) is 5.01 Å². The maximum absolute atomic E-state index is 12.9. The van der Waals surface area contributed by atoms with Crippen LogP contribution in [0.1, 0.15) is 10.4 Å². The monoisotopic (exact) mass is 522 g/mol. The highest BCUT2D eigenvalue weighted by molar-refractivity contribution is 7.18. The van der Waals surface area contributed by atoms with E-state index in [9.17, 15) is 22.8 Å². The van der Waals surface area contributed by atoms with Gasteiger partial charge < -0.3 is 20.5 Å². The summed E-state index contributed by atoms with van der Waals surface area (Å²) in [4.78, 5) is 27.0. The minimum absolute atomic E-state index is 0.0181. The number of nitrogen functional groups attached to an aromatic ring is 1. The van der Waals surface area contributed by atoms with Gasteiger partial charge in [0.25, 0.3) is 5.91 Å². The molecule has 1 saturated heterocycles. The van der Waals surface area contributed by atoms with Crippen molar-refractivity contribution in [1.82, 2.24) is 15.1 Å². The molecule has 4 N–H and O–H groups in total. The summed E-state index contributed by atoms with van der Waals surface area (Å²) in [6, 6.07) is 10.1. The van der Waals surface area contributed by atoms with Crippen molar-refractivity contribution in [2.24, 2.45) is 0 Å². The summed E-state index contributed by atoms with van der Waals surface area (Å²) in [5, 5.41) is 13.6. The number of carbonyl (C=O) groups excluding carboxylic acids is 2. The van der Waals surface area contributed by atoms with E-state index >= 15 is 0 Å². The number of morpholine rings is 1. The van der Waals surface area contributed by atoms with Gasteiger partial charge in [-0.15, -0.1) is 23.4 Å². The van der Waals surface area contributed by atoms with Crippen molar-refractivity contribution in [3.05, 3.63) is 48.0 Å². The number of amides is 2. The van der Waals surface area contributed by atoms with Crippen LogP contribution in [0.2, 0.25) is 0 Å². The first-order chi connectivity index (χ1) is 17.2. The molecule has 10 nitrogen and oxygen atoms in total. The zero-order chi connectivity index (χ0) is 25.7. The van der Waals surface area contributed by atoms with Crippen molar-refractivity contribution in [3.63, 3.8) is 0 Å². The van der Waals surface area contributed by atoms with Crippen LogP contribution >= 0.6 is 11.3 Å². The molecule has 1 aliphatic rings. The molecule has 190 valence electrons. The number of alkyl halides is 3. The number of ether oxygens (including phenoxy) is 2. The normalized spacial score (nSPS) is 14.3. The fourth-order valence-corrected chi connectivity index (χ4v) is 4.06. The van der Waals surface area contributed by atoms with Crippen molar-refractivity contribution in [1.29, 1.82) is 0 Å². The van der Waals surface area contributed by atoms with Crippen LogP contribution in [0.15, 0.2) is 42.5 Å². The number of nitrogens with two attached hydrogens (primary N) is 1. The Hall–Kier alpha value is -3.75. The van der Waals surface area contributed by atoms with E-state index in [-0.39, 0.29) is 22.9 Å². The van der Waals surface area contributed by atoms with Crippen LogP contribution in [0, 0.1) is 0 Å². The van der Waals surface area contributed by atoms with Crippen LogP contribution in [-0.4, -0.2) is 66.1 Å². The Morgan fingerprint density at radius 1 is 1.08 bits per heavy atom. The molecule has 14 heteroatoms. The van der Waals surface area contributed by atoms with E-state index in [0.717, 1.165) is 35.1 Å². The average molecular weight is 523 g/mol. The summed E-state index contributed by atoms with van der Waals surface area (Å²) in [7, 11) is 0. The predicted octanol–water partition coefficient (Wildman–Crippen LogP) is 3.21. The van der Waals surface area contributed by atoms with Gasteiger partial charge in [-0.05, 0) is 42.5 Å². The molecule has 36 heavy (non-hydrogen) atoms. The molecule has 2 aromatic carbocycles. The van der Waals surface area contributed by atoms with Gasteiger partial charge in [0.15, 0.2) is 5.75 Å². The first-order valence-corrected chi connectivity index (χ1v) is 11.5. The van der Waals surface area contributed by atoms with Crippen LogP contribution in [0.25, 0.3) is 10.6 Å². The zero-order valence-electron chi connectivity index (χ0n) is 18.7. The number of benzene rings is 2. The summed E-state index contributed by atoms with van der Waals surface area (Å²) in [6.45, 7) is 1.89. The number of hydrogen-bond donors (Lipinski definition) is 3. The Kier molecular flexibility index (Phi) is 7.67. The first-order valence-electron chi connectivity index (χ1n) is 10.7. The second-order valence-corrected chi connectivity index (χ2v) is 8.66. The minimum Gasteiger partial charge on any atom is -0.404 e. The molecule has 0 spiro atoms. The van der Waals surface area contributed by atoms with E-state index in [1.165, 1.54) is 0 Å². The number of nitrogens with zero attached hydrogens (tertiary/aromatic N) is 3. The lowest BCUT2D eigenvalue weighted by molar-refractivity contribution is -0.274. The highest BCUT2D eigenvalue weighted by atomic mass is 32.1. The first kappa shape index (κ1) is 25.3. The van der Waals surface area contributed by atoms with Gasteiger partial charge in [0, 0.05) is 29.9 Å². The quantitative estimate of drug-likeness (QED) is 0.403. The Morgan fingerprint density at radius 2 is 1.81 bits per heavy atom. The van der Waals surface area contributed by atoms with Crippen molar-refractivity contribution in [2.45, 2.75) is 6.36 Å². The number of rotatable bonds is 7. The number of carbonyl (C=O) groups is 2. The van der Waals surface area contributed by atoms with Gasteiger partial charge in [-0.3, -0.25) is 19.8 Å². The maximum Gasteiger partial charge on any atom is 0.573 e. The van der Waals surface area contributed by atoms with E-state index in [4.69, 9.17) is 10.5 Å². The second-order valence-electron chi connectivity index (χ2n) is 7.68. The molecule has 1 fully saturated rings. The Balaban J connectivity index is 1.49. The van der Waals surface area contributed by atoms with Gasteiger partial charge in [0.2, 0.25) is 11.0 Å². The molecule has 1 aliphatic heterocycles. The molecular weight excluding hydrogens is 501 g/mol. The van der Waals surface area contributed by atoms with Gasteiger partial charge in [-0.1, -0.05) is 11.3 Å². The molecule has 2 heterocycles. The SMILES string of the molecule is Nc1ccc(-c2nnc(NC(=O)c3ccc(OC(F)(F)F)c(NC(=O)CN4CCOCC4)c3)s2)cc1. The summed E-state index contributed by atoms with van der Waals surface area (Å²) in [5.74, 6) is -1.85. The predicted molar refractivity (Wildman–Crippen MR) is 127 cm³/mol. The third kappa shape index (κ3) is 6.90. The van der Waals surface area contributed by atoms with Crippen molar-refractivity contribution in [2.75, 3.05) is 49.2 Å². The van der Waals surface area contributed by atoms with Crippen LogP contribution in [0.5, 0.6) is 5.75 Å². The van der Waals surface area contributed by atoms with E-state index in [1.54, 1.807) is 29.2 Å². The number of anilines is 3. The molecule has 0 atom stereocenters. The highest BCUT2D eigenvalue weighted by Gasteiger charge is 2.32. The highest BCUT2D eigenvalue weighted by Crippen LogP contribution is 2.32. The molecule has 0 unspecified atom stereocenters. The Morgan fingerprint density at radius 3 is 2.50 bits per heavy atom. The number of nitrogens with one attached hydrogen (secondary N) is 2. The fraction of sp³-hybridized carbons (Fsp3) is 0.273. The average Bonchev–Trinajstić information content (AvgIpc) is 3.28. The van der Waals surface area contributed by atoms with Crippen LogP contribution < -0.4 is 21.1 Å². The smallest absolute Gasteiger partial charge is 0.404 e. The molecule has 3 aromatic rings. The van der Waals surface area contributed by atoms with Gasteiger partial charge in [-0.25, -0.2) is 0 Å². The van der Waals surface area contributed by atoms with E-state index in [1.807, 2.05) is 0 Å². The summed E-state index contributed by atoms with van der Waals surface area (Å²) < 4.78 is 47.9. The molecule has 2 amide bonds. The molecule has 1 aromatic heterocycles. The fourth-order valence-electron chi connectivity index (χ4n) is 3.32. The van der Waals surface area contributed by atoms with E-state index in [0.29, 0.717) is 37.0 Å². The Bertz CT molecular complexity index is 1230. The molecule has 4 rings (SSSR count). The Labute approximate surface area is 207 Å². The number of hydrogen-bond acceptors (Lipinski definition) is 9.